The van der Waals surface area contributed by atoms with E-state index in [1.165, 1.54) is 159 Å². The van der Waals surface area contributed by atoms with Crippen molar-refractivity contribution < 1.29 is 0 Å². The zero-order chi connectivity index (χ0) is 54.9. The Morgan fingerprint density at radius 3 is 1.15 bits per heavy atom. The normalized spacial score (nSPS) is 18.0. The summed E-state index contributed by atoms with van der Waals surface area (Å²) in [4.78, 5) is 5.66. The number of hydrogen-bond donors (Lipinski definition) is 0. The molecule has 0 spiro atoms. The van der Waals surface area contributed by atoms with Gasteiger partial charge in [-0.25, -0.2) is 0 Å². The lowest BCUT2D eigenvalue weighted by Crippen LogP contribution is -2.69. The Bertz CT molecular complexity index is 5570. The quantitative estimate of drug-likeness (QED) is 0.164. The van der Waals surface area contributed by atoms with Gasteiger partial charge in [0.05, 0.1) is 44.1 Å². The van der Waals surface area contributed by atoms with Crippen molar-refractivity contribution in [1.82, 2.24) is 17.9 Å². The van der Waals surface area contributed by atoms with Gasteiger partial charge in [-0.15, -0.1) is 0 Å². The number of rotatable bonds is 4. The average Bonchev–Trinajstić information content (AvgIpc) is 2.44. The van der Waals surface area contributed by atoms with Gasteiger partial charge >= 0.3 is 0 Å². The van der Waals surface area contributed by atoms with Crippen molar-refractivity contribution in [3.63, 3.8) is 0 Å². The minimum absolute atomic E-state index is 0.0928. The first-order chi connectivity index (χ1) is 42.2. The van der Waals surface area contributed by atoms with E-state index in [0.29, 0.717) is 0 Å². The molecule has 18 aromatic rings. The molecular weight excluding hydrogens is 1030 g/mol. The van der Waals surface area contributed by atoms with E-state index in [2.05, 4.69) is 289 Å². The predicted octanol–water partition coefficient (Wildman–Crippen LogP) is 18.2. The van der Waals surface area contributed by atoms with Crippen LogP contribution in [0.2, 0.25) is 5.82 Å². The molecule has 85 heavy (non-hydrogen) atoms. The summed E-state index contributed by atoms with van der Waals surface area (Å²) < 4.78 is 10.4. The van der Waals surface area contributed by atoms with Crippen LogP contribution in [0.3, 0.4) is 0 Å². The van der Waals surface area contributed by atoms with Gasteiger partial charge in [0.2, 0.25) is 6.71 Å². The zero-order valence-electron chi connectivity index (χ0n) is 46.3. The summed E-state index contributed by atoms with van der Waals surface area (Å²) in [6, 6.07) is 100. The van der Waals surface area contributed by atoms with E-state index in [-0.39, 0.29) is 30.7 Å². The van der Waals surface area contributed by atoms with Crippen LogP contribution in [-0.4, -0.2) is 36.7 Å². The molecule has 8 heterocycles. The zero-order valence-corrected chi connectivity index (χ0v) is 46.3. The Kier molecular flexibility index (Phi) is 8.58. The third kappa shape index (κ3) is 5.67. The number of aromatic nitrogens is 4. The summed E-state index contributed by atoms with van der Waals surface area (Å²) in [5.41, 5.74) is 21.8. The third-order valence-corrected chi connectivity index (χ3v) is 20.9. The van der Waals surface area contributed by atoms with Crippen molar-refractivity contribution >= 4 is 160 Å². The smallest absolute Gasteiger partial charge is 0.222 e. The molecule has 0 radical (unpaired) electrons. The van der Waals surface area contributed by atoms with Crippen LogP contribution in [0.1, 0.15) is 18.9 Å². The summed E-state index contributed by atoms with van der Waals surface area (Å²) in [5, 5.41) is 15.7. The Morgan fingerprint density at radius 2 is 0.659 bits per heavy atom. The van der Waals surface area contributed by atoms with Gasteiger partial charge in [-0.2, -0.15) is 0 Å². The summed E-state index contributed by atoms with van der Waals surface area (Å²) in [5.74, 6) is 0.205. The maximum absolute atomic E-state index is 2.83. The van der Waals surface area contributed by atoms with E-state index < -0.39 is 0 Å². The molecule has 1 fully saturated rings. The first kappa shape index (κ1) is 45.1. The Balaban J connectivity index is 0.868. The van der Waals surface area contributed by atoms with Crippen LogP contribution in [0.25, 0.3) is 125 Å². The highest BCUT2D eigenvalue weighted by atomic mass is 15.2. The van der Waals surface area contributed by atoms with E-state index >= 15 is 0 Å². The van der Waals surface area contributed by atoms with Gasteiger partial charge in [0.25, 0.3) is 0 Å². The number of benzene rings is 12. The van der Waals surface area contributed by atoms with Crippen LogP contribution in [0.5, 0.6) is 0 Å². The topological polar surface area (TPSA) is 25.2 Å². The molecule has 6 aromatic heterocycles. The molecule has 2 aliphatic heterocycles. The Hall–Kier alpha value is -10.5. The van der Waals surface area contributed by atoms with Gasteiger partial charge in [0, 0.05) is 122 Å². The third-order valence-electron chi connectivity index (χ3n) is 20.9. The first-order valence-corrected chi connectivity index (χ1v) is 30.3. The number of nitrogens with zero attached hydrogens (tertiary/aromatic N) is 6. The van der Waals surface area contributed by atoms with Gasteiger partial charge in [-0.05, 0) is 115 Å². The number of hydrogen-bond acceptors (Lipinski definition) is 2. The van der Waals surface area contributed by atoms with Crippen molar-refractivity contribution in [2.24, 2.45) is 0 Å². The van der Waals surface area contributed by atoms with Gasteiger partial charge in [-0.1, -0.05) is 176 Å². The molecular formula is C78H51BN6. The molecule has 21 rings (SSSR count). The monoisotopic (exact) mass is 1080 g/mol. The molecule has 3 aliphatic rings. The lowest BCUT2D eigenvalue weighted by Gasteiger charge is -2.59. The van der Waals surface area contributed by atoms with Crippen molar-refractivity contribution in [3.05, 3.63) is 261 Å². The highest BCUT2D eigenvalue weighted by Crippen LogP contribution is 2.56. The molecule has 2 unspecified atom stereocenters. The minimum atomic E-state index is 0.0928. The fourth-order valence-corrected chi connectivity index (χ4v) is 17.8. The number of anilines is 4. The standard InChI is InChI=1S/C78H51BN6/c1-3-19-46(20-4-1)80-72-44-70-60(57-30-17-28-55-52-25-9-15-35-67(52)84(70)77(55)57)42-62(72)79-63-43-61-58-31-18-29-56-53-26-10-16-36-68(53)85(78(56)58)71(61)45-73(63)81(47-21-5-2-6-22-47)75-41-49(40-74(80)76(75)79)83-66-34-14-11-27-54(66)59-39-48(37-38-69(59)83)82-64-32-12-7-23-50(64)51-24-8-13-33-65(51)82/h1-39,42-45,49,74-76H,40-41H2. The van der Waals surface area contributed by atoms with Gasteiger partial charge in [0.1, 0.15) is 0 Å². The van der Waals surface area contributed by atoms with E-state index in [1.807, 2.05) is 0 Å². The van der Waals surface area contributed by atoms with E-state index in [0.717, 1.165) is 12.8 Å². The molecule has 396 valence electrons. The molecule has 7 heteroatoms. The Morgan fingerprint density at radius 1 is 0.282 bits per heavy atom. The molecule has 1 saturated carbocycles. The summed E-state index contributed by atoms with van der Waals surface area (Å²) >= 11 is 0. The van der Waals surface area contributed by atoms with Crippen LogP contribution in [0, 0.1) is 0 Å². The number of fused-ring (bicyclic) bond motifs is 22. The largest absolute Gasteiger partial charge is 0.339 e. The van der Waals surface area contributed by atoms with Crippen LogP contribution >= 0.6 is 0 Å². The molecule has 2 atom stereocenters. The van der Waals surface area contributed by atoms with Crippen LogP contribution < -0.4 is 20.7 Å². The summed E-state index contributed by atoms with van der Waals surface area (Å²) in [6.45, 7) is 0.0928. The highest BCUT2D eigenvalue weighted by Gasteiger charge is 2.57. The number of para-hydroxylation sites is 9. The van der Waals surface area contributed by atoms with Crippen molar-refractivity contribution in [1.29, 1.82) is 0 Å². The lowest BCUT2D eigenvalue weighted by atomic mass is 9.27. The second kappa shape index (κ2) is 16.2. The molecule has 1 aliphatic carbocycles. The highest BCUT2D eigenvalue weighted by molar-refractivity contribution is 6.90. The van der Waals surface area contributed by atoms with Gasteiger partial charge < -0.3 is 27.7 Å². The molecule has 0 saturated heterocycles. The van der Waals surface area contributed by atoms with E-state index in [1.54, 1.807) is 0 Å². The van der Waals surface area contributed by atoms with Gasteiger partial charge in [0.15, 0.2) is 0 Å². The predicted molar refractivity (Wildman–Crippen MR) is 358 cm³/mol. The summed E-state index contributed by atoms with van der Waals surface area (Å²) in [6.07, 6.45) is 1.92. The second-order valence-electron chi connectivity index (χ2n) is 24.6. The molecule has 0 amide bonds. The van der Waals surface area contributed by atoms with Crippen LogP contribution in [0.15, 0.2) is 261 Å². The lowest BCUT2D eigenvalue weighted by molar-refractivity contribution is 0.291. The van der Waals surface area contributed by atoms with Crippen molar-refractivity contribution in [2.75, 3.05) is 9.80 Å². The fourth-order valence-electron chi connectivity index (χ4n) is 17.8. The summed E-state index contributed by atoms with van der Waals surface area (Å²) in [7, 11) is 0. The average molecular weight is 1080 g/mol. The minimum Gasteiger partial charge on any atom is -0.339 e. The maximum atomic E-state index is 2.83. The molecule has 12 aromatic carbocycles. The van der Waals surface area contributed by atoms with Crippen molar-refractivity contribution in [3.8, 4) is 5.69 Å². The maximum Gasteiger partial charge on any atom is 0.222 e. The van der Waals surface area contributed by atoms with E-state index in [9.17, 15) is 0 Å². The Labute approximate surface area is 488 Å². The van der Waals surface area contributed by atoms with Crippen LogP contribution in [0.4, 0.5) is 22.7 Å². The molecule has 0 bridgehead atoms. The van der Waals surface area contributed by atoms with Gasteiger partial charge in [-0.3, -0.25) is 0 Å². The van der Waals surface area contributed by atoms with E-state index in [4.69, 9.17) is 0 Å². The molecule has 6 nitrogen and oxygen atoms in total. The van der Waals surface area contributed by atoms with Crippen LogP contribution in [-0.2, 0) is 0 Å². The first-order valence-electron chi connectivity index (χ1n) is 30.3. The SMILES string of the molecule is c1ccc(N2c3cc4c(cc3B3c5cc6c7cccc8c9ccccc9n(c6cc5N(c5ccccc5)C5CC(n6c9ccccc9c9cc(-n%10c%11ccccc%11c%11ccccc%11%10)ccc96)CC2C35)c87)c2cccc3c5ccccc5n4c32)cc1. The fraction of sp³-hybridized carbons (Fsp3) is 0.0769. The molecule has 0 N–H and O–H groups in total. The second-order valence-corrected chi connectivity index (χ2v) is 24.6. The van der Waals surface area contributed by atoms with Crippen molar-refractivity contribution in [2.45, 2.75) is 36.8 Å².